The minimum absolute atomic E-state index is 0.0473. The van der Waals surface area contributed by atoms with Crippen LogP contribution in [0.4, 0.5) is 0 Å². The molecule has 3 heterocycles. The number of nitrogens with zero attached hydrogens (tertiary/aromatic N) is 1. The maximum atomic E-state index is 8.12. The quantitative estimate of drug-likeness (QED) is 0.510. The van der Waals surface area contributed by atoms with Crippen molar-refractivity contribution in [2.24, 2.45) is 10.9 Å². The van der Waals surface area contributed by atoms with Crippen molar-refractivity contribution in [2.45, 2.75) is 46.0 Å². The van der Waals surface area contributed by atoms with E-state index in [1.54, 1.807) is 11.3 Å². The zero-order valence-corrected chi connectivity index (χ0v) is 17.5. The van der Waals surface area contributed by atoms with Crippen molar-refractivity contribution in [1.82, 2.24) is 0 Å². The molecule has 0 spiro atoms. The monoisotopic (exact) mass is 393 g/mol. The van der Waals surface area contributed by atoms with Gasteiger partial charge in [0.15, 0.2) is 0 Å². The second-order valence-corrected chi connectivity index (χ2v) is 9.11. The first-order valence-electron chi connectivity index (χ1n) is 9.44. The molecule has 6 heteroatoms. The third-order valence-corrected chi connectivity index (χ3v) is 7.28. The Bertz CT molecular complexity index is 904. The summed E-state index contributed by atoms with van der Waals surface area (Å²) in [7, 11) is 5.68. The van der Waals surface area contributed by atoms with Crippen LogP contribution in [0.15, 0.2) is 40.9 Å². The second-order valence-electron chi connectivity index (χ2n) is 6.86. The zero-order chi connectivity index (χ0) is 19.4. The largest absolute Gasteiger partial charge is 0.299 e. The highest BCUT2D eigenvalue weighted by Gasteiger charge is 2.21. The Balaban J connectivity index is 1.75. The molecule has 0 amide bonds. The molecule has 1 aliphatic rings. The van der Waals surface area contributed by atoms with Crippen LogP contribution in [0.25, 0.3) is 9.75 Å². The van der Waals surface area contributed by atoms with Gasteiger partial charge in [-0.1, -0.05) is 45.0 Å². The molecule has 1 aliphatic heterocycles. The predicted octanol–water partition coefficient (Wildman–Crippen LogP) is 6.09. The first-order valence-corrected chi connectivity index (χ1v) is 11.1. The molecular formula is C21H24BN3S2. The van der Waals surface area contributed by atoms with Crippen LogP contribution in [0.1, 0.15) is 49.3 Å². The number of allylic oxidation sites excluding steroid dienone is 1. The summed E-state index contributed by atoms with van der Waals surface area (Å²) in [6.45, 7) is 4.55. The van der Waals surface area contributed by atoms with Crippen LogP contribution in [0, 0.1) is 16.7 Å². The van der Waals surface area contributed by atoms with Gasteiger partial charge in [0.25, 0.3) is 0 Å². The smallest absolute Gasteiger partial charge is 0.119 e. The Morgan fingerprint density at radius 1 is 1.00 bits per heavy atom. The van der Waals surface area contributed by atoms with E-state index in [9.17, 15) is 0 Å². The summed E-state index contributed by atoms with van der Waals surface area (Å²) in [5.74, 6) is 0.774. The van der Waals surface area contributed by atoms with Crippen molar-refractivity contribution in [3.05, 3.63) is 45.7 Å². The fourth-order valence-corrected chi connectivity index (χ4v) is 5.38. The van der Waals surface area contributed by atoms with E-state index in [0.717, 1.165) is 17.2 Å². The van der Waals surface area contributed by atoms with Gasteiger partial charge < -0.3 is 0 Å². The molecule has 0 saturated carbocycles. The number of unbranched alkanes of at least 4 members (excludes halogenated alkanes) is 1. The molecule has 2 aromatic rings. The number of hydrogen-bond acceptors (Lipinski definition) is 5. The molecule has 1 unspecified atom stereocenters. The summed E-state index contributed by atoms with van der Waals surface area (Å²) < 4.78 is 0. The summed E-state index contributed by atoms with van der Waals surface area (Å²) >= 11 is 3.49. The maximum absolute atomic E-state index is 8.12. The Morgan fingerprint density at radius 3 is 2.44 bits per heavy atom. The Kier molecular flexibility index (Phi) is 6.61. The van der Waals surface area contributed by atoms with E-state index in [4.69, 9.17) is 18.7 Å². The van der Waals surface area contributed by atoms with Crippen molar-refractivity contribution >= 4 is 47.7 Å². The molecular weight excluding hydrogens is 369 g/mol. The van der Waals surface area contributed by atoms with Gasteiger partial charge >= 0.3 is 0 Å². The average Bonchev–Trinajstić information content (AvgIpc) is 3.32. The minimum atomic E-state index is 0.0473. The van der Waals surface area contributed by atoms with Gasteiger partial charge in [0.1, 0.15) is 19.3 Å². The summed E-state index contributed by atoms with van der Waals surface area (Å²) in [5, 5.41) is 16.0. The summed E-state index contributed by atoms with van der Waals surface area (Å²) in [6.07, 6.45) is 7.76. The van der Waals surface area contributed by atoms with E-state index in [1.807, 2.05) is 17.4 Å². The third-order valence-electron chi connectivity index (χ3n) is 4.89. The van der Waals surface area contributed by atoms with Crippen molar-refractivity contribution in [2.75, 3.05) is 0 Å². The number of nitrogens with one attached hydrogen (secondary N) is 2. The Hall–Kier alpha value is -1.79. The van der Waals surface area contributed by atoms with Crippen LogP contribution >= 0.6 is 22.7 Å². The maximum Gasteiger partial charge on any atom is 0.119 e. The molecule has 2 N–H and O–H groups in total. The fraction of sp³-hybridized carbons (Fsp3) is 0.381. The second kappa shape index (κ2) is 8.94. The van der Waals surface area contributed by atoms with Crippen molar-refractivity contribution in [3.63, 3.8) is 0 Å². The van der Waals surface area contributed by atoms with Gasteiger partial charge in [0.2, 0.25) is 0 Å². The van der Waals surface area contributed by atoms with Crippen LogP contribution < -0.4 is 0 Å². The third kappa shape index (κ3) is 4.56. The number of thiophene rings is 2. The van der Waals surface area contributed by atoms with Crippen molar-refractivity contribution < 1.29 is 0 Å². The van der Waals surface area contributed by atoms with E-state index < -0.39 is 0 Å². The van der Waals surface area contributed by atoms with Crippen LogP contribution in [-0.2, 0) is 6.42 Å². The highest BCUT2D eigenvalue weighted by molar-refractivity contribution is 7.23. The highest BCUT2D eigenvalue weighted by atomic mass is 32.1. The molecule has 27 heavy (non-hydrogen) atoms. The van der Waals surface area contributed by atoms with Gasteiger partial charge in [0.05, 0.1) is 10.6 Å². The van der Waals surface area contributed by atoms with Gasteiger partial charge in [-0.15, -0.1) is 22.7 Å². The van der Waals surface area contributed by atoms with Gasteiger partial charge in [-0.3, -0.25) is 15.8 Å². The van der Waals surface area contributed by atoms with Crippen LogP contribution in [0.2, 0.25) is 0 Å². The number of hydrogen-bond donors (Lipinski definition) is 2. The molecule has 2 radical (unpaired) electrons. The summed E-state index contributed by atoms with van der Waals surface area (Å²) in [5.41, 5.74) is 0.924. The molecule has 2 aromatic heterocycles. The molecule has 3 rings (SSSR count). The van der Waals surface area contributed by atoms with Gasteiger partial charge in [-0.05, 0) is 36.6 Å². The lowest BCUT2D eigenvalue weighted by atomic mass is 9.86. The summed E-state index contributed by atoms with van der Waals surface area (Å²) in [6, 6.07) is 8.54. The van der Waals surface area contributed by atoms with Gasteiger partial charge in [-0.2, -0.15) is 0 Å². The number of rotatable bonds is 8. The van der Waals surface area contributed by atoms with Gasteiger partial charge in [-0.25, -0.2) is 0 Å². The lowest BCUT2D eigenvalue weighted by Gasteiger charge is -2.12. The van der Waals surface area contributed by atoms with E-state index in [-0.39, 0.29) is 16.9 Å². The fourth-order valence-electron chi connectivity index (χ4n) is 3.16. The topological polar surface area (TPSA) is 60.1 Å². The van der Waals surface area contributed by atoms with E-state index >= 15 is 0 Å². The lowest BCUT2D eigenvalue weighted by molar-refractivity contribution is 0.452. The van der Waals surface area contributed by atoms with E-state index in [1.165, 1.54) is 46.5 Å². The summed E-state index contributed by atoms with van der Waals surface area (Å²) in [4.78, 5) is 9.09. The Morgan fingerprint density at radius 2 is 1.70 bits per heavy atom. The van der Waals surface area contributed by atoms with E-state index in [2.05, 4.69) is 37.0 Å². The van der Waals surface area contributed by atoms with Crippen LogP contribution in [-0.4, -0.2) is 25.0 Å². The average molecular weight is 393 g/mol. The molecule has 0 saturated heterocycles. The predicted molar refractivity (Wildman–Crippen MR) is 120 cm³/mol. The minimum Gasteiger partial charge on any atom is -0.299 e. The first-order chi connectivity index (χ1) is 13.0. The van der Waals surface area contributed by atoms with E-state index in [0.29, 0.717) is 5.71 Å². The van der Waals surface area contributed by atoms with Crippen LogP contribution in [0.3, 0.4) is 0 Å². The first kappa shape index (κ1) is 20.0. The van der Waals surface area contributed by atoms with Crippen molar-refractivity contribution in [3.8, 4) is 9.75 Å². The molecule has 0 aromatic carbocycles. The SMILES string of the molecule is [B]C1=CN=C(c2ccc(-c3ccc(CC(CC)CCCC)s3)s2)C(=N)C1=N. The van der Waals surface area contributed by atoms with Crippen molar-refractivity contribution in [1.29, 1.82) is 10.8 Å². The standard InChI is InChI=1S/C21H24BN3S2/c1-3-5-6-13(4-2)11-14-7-8-16(26-14)17-9-10-18(27-17)21-20(24)19(23)15(22)12-25-21/h7-10,12-13,23-24H,3-6,11H2,1-2H3. The molecule has 0 aliphatic carbocycles. The highest BCUT2D eigenvalue weighted by Crippen LogP contribution is 2.35. The van der Waals surface area contributed by atoms with Crippen LogP contribution in [0.5, 0.6) is 0 Å². The molecule has 0 bridgehead atoms. The van der Waals surface area contributed by atoms with Gasteiger partial charge in [0, 0.05) is 20.8 Å². The molecule has 3 nitrogen and oxygen atoms in total. The number of aliphatic imine (C=N–C) groups is 1. The lowest BCUT2D eigenvalue weighted by Crippen LogP contribution is -2.27. The molecule has 1 atom stereocenters. The zero-order valence-electron chi connectivity index (χ0n) is 15.8. The Labute approximate surface area is 170 Å². The molecule has 138 valence electrons. The normalized spacial score (nSPS) is 15.6. The molecule has 0 fully saturated rings.